The lowest BCUT2D eigenvalue weighted by molar-refractivity contribution is 0.228. The summed E-state index contributed by atoms with van der Waals surface area (Å²) in [5.74, 6) is 0.742. The first-order valence-corrected chi connectivity index (χ1v) is 9.56. The van der Waals surface area contributed by atoms with E-state index in [1.807, 2.05) is 50.5 Å². The van der Waals surface area contributed by atoms with Gasteiger partial charge in [0.15, 0.2) is 5.82 Å². The molecule has 2 rings (SSSR count). The summed E-state index contributed by atoms with van der Waals surface area (Å²) in [6.07, 6.45) is 1.03. The molecule has 0 unspecified atom stereocenters. The van der Waals surface area contributed by atoms with E-state index in [1.165, 1.54) is 0 Å². The fourth-order valence-corrected chi connectivity index (χ4v) is 3.19. The second-order valence-electron chi connectivity index (χ2n) is 6.64. The first-order valence-electron chi connectivity index (χ1n) is 7.74. The van der Waals surface area contributed by atoms with Gasteiger partial charge in [-0.2, -0.15) is 13.5 Å². The molecular weight excluding hydrogens is 330 g/mol. The fourth-order valence-electron chi connectivity index (χ4n) is 2.68. The van der Waals surface area contributed by atoms with Crippen LogP contribution in [0.15, 0.2) is 18.2 Å². The van der Waals surface area contributed by atoms with Gasteiger partial charge in [-0.25, -0.2) is 0 Å². The first kappa shape index (κ1) is 18.7. The summed E-state index contributed by atoms with van der Waals surface area (Å²) < 4.78 is 31.3. The standard InChI is InChI=1S/C16H25N3O4S/c1-12-6-7-13(2)19(12)15-10-14(18(17-15)8-9-20)16(3,4)11-23-24(5,21)22/h6-7,10,20H,8-9,11H2,1-5H3. The van der Waals surface area contributed by atoms with Crippen molar-refractivity contribution in [1.82, 2.24) is 14.3 Å². The third-order valence-electron chi connectivity index (χ3n) is 3.91. The Hall–Kier alpha value is -1.64. The molecule has 0 bridgehead atoms. The molecule has 7 nitrogen and oxygen atoms in total. The maximum absolute atomic E-state index is 11.3. The van der Waals surface area contributed by atoms with Crippen molar-refractivity contribution in [3.63, 3.8) is 0 Å². The predicted octanol–water partition coefficient (Wildman–Crippen LogP) is 1.54. The Kier molecular flexibility index (Phi) is 5.22. The van der Waals surface area contributed by atoms with Gasteiger partial charge >= 0.3 is 0 Å². The molecular formula is C16H25N3O4S. The van der Waals surface area contributed by atoms with Crippen molar-refractivity contribution in [2.45, 2.75) is 39.7 Å². The number of hydrogen-bond acceptors (Lipinski definition) is 5. The normalized spacial score (nSPS) is 12.8. The van der Waals surface area contributed by atoms with E-state index in [1.54, 1.807) is 4.68 Å². The number of nitrogens with zero attached hydrogens (tertiary/aromatic N) is 3. The second-order valence-corrected chi connectivity index (χ2v) is 8.28. The number of aliphatic hydroxyl groups excluding tert-OH is 1. The van der Waals surface area contributed by atoms with Crippen LogP contribution in [0, 0.1) is 13.8 Å². The first-order chi connectivity index (χ1) is 11.0. The summed E-state index contributed by atoms with van der Waals surface area (Å²) >= 11 is 0. The van der Waals surface area contributed by atoms with Crippen LogP contribution < -0.4 is 0 Å². The highest BCUT2D eigenvalue weighted by molar-refractivity contribution is 7.85. The van der Waals surface area contributed by atoms with E-state index in [0.29, 0.717) is 6.54 Å². The molecule has 0 saturated carbocycles. The number of aryl methyl sites for hydroxylation is 2. The van der Waals surface area contributed by atoms with E-state index in [-0.39, 0.29) is 13.2 Å². The van der Waals surface area contributed by atoms with E-state index >= 15 is 0 Å². The van der Waals surface area contributed by atoms with Crippen molar-refractivity contribution < 1.29 is 17.7 Å². The molecule has 0 amide bonds. The molecule has 1 N–H and O–H groups in total. The molecule has 0 fully saturated rings. The lowest BCUT2D eigenvalue weighted by Gasteiger charge is -2.24. The summed E-state index contributed by atoms with van der Waals surface area (Å²) in [6, 6.07) is 5.94. The summed E-state index contributed by atoms with van der Waals surface area (Å²) in [5.41, 5.74) is 2.33. The highest BCUT2D eigenvalue weighted by Gasteiger charge is 2.28. The lowest BCUT2D eigenvalue weighted by Crippen LogP contribution is -2.29. The molecule has 0 spiro atoms. The van der Waals surface area contributed by atoms with Crippen LogP contribution in [0.1, 0.15) is 30.9 Å². The number of aliphatic hydroxyl groups is 1. The lowest BCUT2D eigenvalue weighted by atomic mass is 9.90. The molecule has 0 aliphatic heterocycles. The van der Waals surface area contributed by atoms with Gasteiger partial charge in [0.1, 0.15) is 0 Å². The van der Waals surface area contributed by atoms with Crippen LogP contribution in [0.2, 0.25) is 0 Å². The number of rotatable bonds is 7. The maximum atomic E-state index is 11.3. The minimum atomic E-state index is -3.52. The van der Waals surface area contributed by atoms with E-state index in [9.17, 15) is 13.5 Å². The van der Waals surface area contributed by atoms with Gasteiger partial charge in [0.2, 0.25) is 0 Å². The molecule has 0 saturated heterocycles. The van der Waals surface area contributed by atoms with Gasteiger partial charge in [0.25, 0.3) is 10.1 Å². The van der Waals surface area contributed by atoms with Crippen LogP contribution in [-0.4, -0.2) is 47.3 Å². The van der Waals surface area contributed by atoms with Crippen LogP contribution in [-0.2, 0) is 26.3 Å². The highest BCUT2D eigenvalue weighted by atomic mass is 32.2. The quantitative estimate of drug-likeness (QED) is 0.761. The van der Waals surface area contributed by atoms with Gasteiger partial charge < -0.3 is 9.67 Å². The fraction of sp³-hybridized carbons (Fsp3) is 0.562. The predicted molar refractivity (Wildman–Crippen MR) is 91.9 cm³/mol. The Balaban J connectivity index is 2.45. The van der Waals surface area contributed by atoms with Gasteiger partial charge in [-0.3, -0.25) is 8.86 Å². The molecule has 0 aromatic carbocycles. The van der Waals surface area contributed by atoms with E-state index in [0.717, 1.165) is 29.2 Å². The van der Waals surface area contributed by atoms with Crippen LogP contribution in [0.5, 0.6) is 0 Å². The maximum Gasteiger partial charge on any atom is 0.264 e. The van der Waals surface area contributed by atoms with Crippen molar-refractivity contribution >= 4 is 10.1 Å². The summed E-state index contributed by atoms with van der Waals surface area (Å²) in [7, 11) is -3.52. The van der Waals surface area contributed by atoms with Crippen molar-refractivity contribution in [1.29, 1.82) is 0 Å². The molecule has 134 valence electrons. The smallest absolute Gasteiger partial charge is 0.264 e. The van der Waals surface area contributed by atoms with Gasteiger partial charge in [0, 0.05) is 28.6 Å². The summed E-state index contributed by atoms with van der Waals surface area (Å²) in [6.45, 7) is 8.06. The Morgan fingerprint density at radius 3 is 2.33 bits per heavy atom. The van der Waals surface area contributed by atoms with E-state index in [2.05, 4.69) is 5.10 Å². The van der Waals surface area contributed by atoms with Crippen LogP contribution >= 0.6 is 0 Å². The van der Waals surface area contributed by atoms with E-state index in [4.69, 9.17) is 4.18 Å². The largest absolute Gasteiger partial charge is 0.394 e. The van der Waals surface area contributed by atoms with Crippen molar-refractivity contribution in [2.24, 2.45) is 0 Å². The Morgan fingerprint density at radius 1 is 1.25 bits per heavy atom. The Labute approximate surface area is 143 Å². The number of aromatic nitrogens is 3. The number of hydrogen-bond donors (Lipinski definition) is 1. The van der Waals surface area contributed by atoms with Gasteiger partial charge in [-0.05, 0) is 26.0 Å². The molecule has 8 heteroatoms. The molecule has 2 aromatic rings. The van der Waals surface area contributed by atoms with Gasteiger partial charge in [-0.15, -0.1) is 0 Å². The Bertz CT molecular complexity index is 799. The zero-order chi connectivity index (χ0) is 18.1. The SMILES string of the molecule is Cc1ccc(C)n1-c1cc(C(C)(C)COS(C)(=O)=O)n(CCO)n1. The topological polar surface area (TPSA) is 86.3 Å². The zero-order valence-electron chi connectivity index (χ0n) is 14.8. The zero-order valence-corrected chi connectivity index (χ0v) is 15.6. The minimum absolute atomic E-state index is 0.00599. The van der Waals surface area contributed by atoms with Crippen LogP contribution in [0.4, 0.5) is 0 Å². The molecule has 0 atom stereocenters. The molecule has 2 heterocycles. The monoisotopic (exact) mass is 355 g/mol. The molecule has 2 aromatic heterocycles. The van der Waals surface area contributed by atoms with Crippen molar-refractivity contribution in [2.75, 3.05) is 19.5 Å². The third-order valence-corrected chi connectivity index (χ3v) is 4.45. The third kappa shape index (κ3) is 4.06. The average Bonchev–Trinajstić information content (AvgIpc) is 3.01. The summed E-state index contributed by atoms with van der Waals surface area (Å²) in [5, 5.41) is 13.9. The van der Waals surface area contributed by atoms with Gasteiger partial charge in [-0.1, -0.05) is 13.8 Å². The minimum Gasteiger partial charge on any atom is -0.394 e. The van der Waals surface area contributed by atoms with Crippen LogP contribution in [0.3, 0.4) is 0 Å². The van der Waals surface area contributed by atoms with Crippen molar-refractivity contribution in [3.05, 3.63) is 35.3 Å². The average molecular weight is 355 g/mol. The molecule has 0 radical (unpaired) electrons. The molecule has 24 heavy (non-hydrogen) atoms. The highest BCUT2D eigenvalue weighted by Crippen LogP contribution is 2.27. The van der Waals surface area contributed by atoms with Gasteiger partial charge in [0.05, 0.1) is 26.0 Å². The van der Waals surface area contributed by atoms with Crippen LogP contribution in [0.25, 0.3) is 5.82 Å². The van der Waals surface area contributed by atoms with E-state index < -0.39 is 15.5 Å². The summed E-state index contributed by atoms with van der Waals surface area (Å²) in [4.78, 5) is 0. The Morgan fingerprint density at radius 2 is 1.83 bits per heavy atom. The molecule has 0 aliphatic rings. The second kappa shape index (κ2) is 6.70. The van der Waals surface area contributed by atoms with Crippen molar-refractivity contribution in [3.8, 4) is 5.82 Å². The molecule has 0 aliphatic carbocycles.